The second-order valence-electron chi connectivity index (χ2n) is 6.66. The van der Waals surface area contributed by atoms with Crippen molar-refractivity contribution in [3.05, 3.63) is 95.1 Å². The van der Waals surface area contributed by atoms with Gasteiger partial charge in [-0.25, -0.2) is 23.0 Å². The van der Waals surface area contributed by atoms with E-state index < -0.39 is 41.1 Å². The Bertz CT molecular complexity index is 1100. The number of halogens is 4. The van der Waals surface area contributed by atoms with Crippen LogP contribution in [0.4, 0.5) is 17.6 Å². The van der Waals surface area contributed by atoms with Crippen LogP contribution in [0.25, 0.3) is 11.1 Å². The molecule has 160 valence electrons. The quantitative estimate of drug-likeness (QED) is 0.240. The number of benzene rings is 3. The highest BCUT2D eigenvalue weighted by atomic mass is 19.2. The molecule has 9 heteroatoms. The largest absolute Gasteiger partial charge is 0.340 e. The summed E-state index contributed by atoms with van der Waals surface area (Å²) >= 11 is 0. The first-order valence-electron chi connectivity index (χ1n) is 9.01. The van der Waals surface area contributed by atoms with E-state index in [9.17, 15) is 27.2 Å². The van der Waals surface area contributed by atoms with Crippen LogP contribution in [0.5, 0.6) is 0 Å². The monoisotopic (exact) mass is 432 g/mol. The fourth-order valence-electron chi connectivity index (χ4n) is 3.00. The lowest BCUT2D eigenvalue weighted by atomic mass is 9.99. The van der Waals surface area contributed by atoms with Crippen LogP contribution in [0.1, 0.15) is 17.2 Å². The molecule has 3 rings (SSSR count). The minimum Gasteiger partial charge on any atom is -0.340 e. The van der Waals surface area contributed by atoms with E-state index in [0.717, 1.165) is 12.1 Å². The van der Waals surface area contributed by atoms with Gasteiger partial charge in [0, 0.05) is 0 Å². The van der Waals surface area contributed by atoms with Crippen molar-refractivity contribution in [1.29, 1.82) is 0 Å². The third-order valence-electron chi connectivity index (χ3n) is 4.49. The van der Waals surface area contributed by atoms with Gasteiger partial charge in [0.25, 0.3) is 5.91 Å². The van der Waals surface area contributed by atoms with Crippen LogP contribution in [0.2, 0.25) is 0 Å². The zero-order valence-electron chi connectivity index (χ0n) is 15.8. The van der Waals surface area contributed by atoms with Crippen LogP contribution in [0, 0.1) is 23.3 Å². The Morgan fingerprint density at radius 1 is 0.871 bits per heavy atom. The first-order valence-corrected chi connectivity index (χ1v) is 9.01. The molecule has 5 nitrogen and oxygen atoms in total. The zero-order chi connectivity index (χ0) is 22.5. The van der Waals surface area contributed by atoms with E-state index in [1.807, 2.05) is 0 Å². The highest BCUT2D eigenvalue weighted by Gasteiger charge is 2.23. The number of amides is 2. The molecule has 1 atom stereocenters. The molecule has 3 aromatic rings. The van der Waals surface area contributed by atoms with Gasteiger partial charge < -0.3 is 5.32 Å². The maximum Gasteiger partial charge on any atom is 0.270 e. The predicted molar refractivity (Wildman–Crippen MR) is 103 cm³/mol. The van der Waals surface area contributed by atoms with Gasteiger partial charge in [-0.1, -0.05) is 36.4 Å². The van der Waals surface area contributed by atoms with Crippen LogP contribution in [0.3, 0.4) is 0 Å². The lowest BCUT2D eigenvalue weighted by Gasteiger charge is -2.18. The number of rotatable bonds is 6. The van der Waals surface area contributed by atoms with Crippen molar-refractivity contribution in [2.24, 2.45) is 0 Å². The smallest absolute Gasteiger partial charge is 0.270 e. The van der Waals surface area contributed by atoms with Gasteiger partial charge in [-0.15, -0.1) is 0 Å². The molecule has 3 aromatic carbocycles. The van der Waals surface area contributed by atoms with Crippen molar-refractivity contribution in [1.82, 2.24) is 10.8 Å². The van der Waals surface area contributed by atoms with E-state index in [-0.39, 0.29) is 17.5 Å². The molecule has 31 heavy (non-hydrogen) atoms. The molecular weight excluding hydrogens is 416 g/mol. The van der Waals surface area contributed by atoms with E-state index >= 15 is 0 Å². The summed E-state index contributed by atoms with van der Waals surface area (Å²) in [4.78, 5) is 24.4. The zero-order valence-corrected chi connectivity index (χ0v) is 15.8. The summed E-state index contributed by atoms with van der Waals surface area (Å²) in [6, 6.07) is 11.4. The Balaban J connectivity index is 1.81. The molecule has 0 aliphatic rings. The molecule has 0 aromatic heterocycles. The van der Waals surface area contributed by atoms with Crippen LogP contribution in [-0.2, 0) is 16.0 Å². The molecule has 0 aliphatic carbocycles. The summed E-state index contributed by atoms with van der Waals surface area (Å²) in [5, 5.41) is 11.4. The minimum absolute atomic E-state index is 0.0706. The number of hydrogen-bond donors (Lipinski definition) is 3. The van der Waals surface area contributed by atoms with E-state index in [4.69, 9.17) is 5.21 Å². The standard InChI is InChI=1S/C22H16F4N2O3/c23-16-3-1-2-12(8-16)9-19(29)27-21(22(30)28-31)14-6-4-13(5-7-14)15-10-17(24)20(26)18(25)11-15/h1-8,10-11,21,31H,9H2,(H,27,29)(H,28,30). The Hall–Kier alpha value is -3.72. The minimum atomic E-state index is -1.58. The fourth-order valence-corrected chi connectivity index (χ4v) is 3.00. The highest BCUT2D eigenvalue weighted by molar-refractivity contribution is 5.89. The van der Waals surface area contributed by atoms with Crippen molar-refractivity contribution < 1.29 is 32.4 Å². The third kappa shape index (κ3) is 5.26. The molecule has 3 N–H and O–H groups in total. The van der Waals surface area contributed by atoms with E-state index in [0.29, 0.717) is 11.1 Å². The summed E-state index contributed by atoms with van der Waals surface area (Å²) in [5.74, 6) is -6.33. The molecule has 0 saturated heterocycles. The number of carbonyl (C=O) groups is 2. The first kappa shape index (κ1) is 22.0. The van der Waals surface area contributed by atoms with E-state index in [1.165, 1.54) is 47.9 Å². The fraction of sp³-hybridized carbons (Fsp3) is 0.0909. The lowest BCUT2D eigenvalue weighted by molar-refractivity contribution is -0.134. The molecule has 0 aliphatic heterocycles. The van der Waals surface area contributed by atoms with Gasteiger partial charge in [-0.2, -0.15) is 0 Å². The van der Waals surface area contributed by atoms with Gasteiger partial charge in [-0.3, -0.25) is 14.8 Å². The topological polar surface area (TPSA) is 78.4 Å². The van der Waals surface area contributed by atoms with Gasteiger partial charge >= 0.3 is 0 Å². The average molecular weight is 432 g/mol. The molecule has 0 bridgehead atoms. The summed E-state index contributed by atoms with van der Waals surface area (Å²) < 4.78 is 53.4. The Morgan fingerprint density at radius 2 is 1.52 bits per heavy atom. The average Bonchev–Trinajstić information content (AvgIpc) is 2.75. The third-order valence-corrected chi connectivity index (χ3v) is 4.49. The first-order chi connectivity index (χ1) is 14.8. The van der Waals surface area contributed by atoms with Crippen LogP contribution >= 0.6 is 0 Å². The van der Waals surface area contributed by atoms with Gasteiger partial charge in [0.05, 0.1) is 6.42 Å². The predicted octanol–water partition coefficient (Wildman–Crippen LogP) is 3.82. The van der Waals surface area contributed by atoms with Crippen LogP contribution < -0.4 is 10.8 Å². The SMILES string of the molecule is O=C(Cc1cccc(F)c1)NC(C(=O)NO)c1ccc(-c2cc(F)c(F)c(F)c2)cc1. The van der Waals surface area contributed by atoms with E-state index in [1.54, 1.807) is 6.07 Å². The molecule has 0 saturated carbocycles. The van der Waals surface area contributed by atoms with Crippen molar-refractivity contribution in [3.8, 4) is 11.1 Å². The second kappa shape index (κ2) is 9.40. The lowest BCUT2D eigenvalue weighted by Crippen LogP contribution is -2.39. The normalized spacial score (nSPS) is 11.6. The van der Waals surface area contributed by atoms with Gasteiger partial charge in [0.15, 0.2) is 17.5 Å². The van der Waals surface area contributed by atoms with Crippen molar-refractivity contribution in [2.45, 2.75) is 12.5 Å². The molecule has 0 fully saturated rings. The van der Waals surface area contributed by atoms with Gasteiger partial charge in [-0.05, 0) is 46.5 Å². The van der Waals surface area contributed by atoms with Crippen LogP contribution in [0.15, 0.2) is 60.7 Å². The highest BCUT2D eigenvalue weighted by Crippen LogP contribution is 2.25. The number of hydrogen-bond acceptors (Lipinski definition) is 3. The van der Waals surface area contributed by atoms with E-state index in [2.05, 4.69) is 5.32 Å². The molecule has 0 radical (unpaired) electrons. The molecule has 0 heterocycles. The number of nitrogens with one attached hydrogen (secondary N) is 2. The number of carbonyl (C=O) groups excluding carboxylic acids is 2. The maximum absolute atomic E-state index is 13.5. The van der Waals surface area contributed by atoms with Gasteiger partial charge in [0.1, 0.15) is 11.9 Å². The molecular formula is C22H16F4N2O3. The molecule has 0 spiro atoms. The Morgan fingerprint density at radius 3 is 2.10 bits per heavy atom. The summed E-state index contributed by atoms with van der Waals surface area (Å²) in [6.07, 6.45) is -0.209. The number of hydroxylamine groups is 1. The summed E-state index contributed by atoms with van der Waals surface area (Å²) in [7, 11) is 0. The van der Waals surface area contributed by atoms with Crippen molar-refractivity contribution >= 4 is 11.8 Å². The van der Waals surface area contributed by atoms with Crippen LogP contribution in [-0.4, -0.2) is 17.0 Å². The summed E-state index contributed by atoms with van der Waals surface area (Å²) in [5.41, 5.74) is 2.50. The molecule has 2 amide bonds. The van der Waals surface area contributed by atoms with Gasteiger partial charge in [0.2, 0.25) is 5.91 Å². The maximum atomic E-state index is 13.5. The molecule has 1 unspecified atom stereocenters. The Kier molecular flexibility index (Phi) is 6.66. The van der Waals surface area contributed by atoms with Crippen molar-refractivity contribution in [3.63, 3.8) is 0 Å². The Labute approximate surface area is 174 Å². The second-order valence-corrected chi connectivity index (χ2v) is 6.66. The van der Waals surface area contributed by atoms with Crippen molar-refractivity contribution in [2.75, 3.05) is 0 Å². The summed E-state index contributed by atoms with van der Waals surface area (Å²) in [6.45, 7) is 0.